The zero-order valence-corrected chi connectivity index (χ0v) is 12.4. The molecule has 0 radical (unpaired) electrons. The molecule has 104 valence electrons. The van der Waals surface area contributed by atoms with Crippen molar-refractivity contribution in [3.8, 4) is 5.75 Å². The van der Waals surface area contributed by atoms with Crippen LogP contribution in [0.4, 0.5) is 5.69 Å². The van der Waals surface area contributed by atoms with Gasteiger partial charge in [-0.2, -0.15) is 0 Å². The van der Waals surface area contributed by atoms with Crippen LogP contribution in [0, 0.1) is 10.1 Å². The van der Waals surface area contributed by atoms with Gasteiger partial charge in [-0.15, -0.1) is 0 Å². The summed E-state index contributed by atoms with van der Waals surface area (Å²) in [4.78, 5) is 10.7. The van der Waals surface area contributed by atoms with Crippen LogP contribution in [0.15, 0.2) is 22.7 Å². The summed E-state index contributed by atoms with van der Waals surface area (Å²) in [5.41, 5.74) is 0.00908. The first kappa shape index (κ1) is 14.3. The van der Waals surface area contributed by atoms with Crippen LogP contribution in [0.25, 0.3) is 0 Å². The van der Waals surface area contributed by atoms with Crippen molar-refractivity contribution in [3.05, 3.63) is 32.8 Å². The molecule has 1 aromatic rings. The minimum atomic E-state index is -0.405. The van der Waals surface area contributed by atoms with E-state index >= 15 is 0 Å². The van der Waals surface area contributed by atoms with Gasteiger partial charge in [-0.25, -0.2) is 0 Å². The number of rotatable bonds is 4. The normalized spacial score (nSPS) is 23.1. The summed E-state index contributed by atoms with van der Waals surface area (Å²) < 4.78 is 6.56. The Kier molecular flexibility index (Phi) is 4.76. The number of hydrogen-bond donors (Lipinski definition) is 1. The van der Waals surface area contributed by atoms with Crippen LogP contribution in [0.1, 0.15) is 25.7 Å². The Hall–Kier alpha value is -1.14. The summed E-state index contributed by atoms with van der Waals surface area (Å²) in [6.45, 7) is 0. The molecule has 0 amide bonds. The molecule has 19 heavy (non-hydrogen) atoms. The number of nitrogens with one attached hydrogen (secondary N) is 1. The monoisotopic (exact) mass is 328 g/mol. The average Bonchev–Trinajstić information content (AvgIpc) is 2.41. The lowest BCUT2D eigenvalue weighted by atomic mass is 9.92. The van der Waals surface area contributed by atoms with Crippen molar-refractivity contribution in [1.82, 2.24) is 5.32 Å². The van der Waals surface area contributed by atoms with Crippen molar-refractivity contribution in [1.29, 1.82) is 0 Å². The van der Waals surface area contributed by atoms with E-state index in [2.05, 4.69) is 21.2 Å². The number of ether oxygens (including phenoxy) is 1. The summed E-state index contributed by atoms with van der Waals surface area (Å²) in [5.74, 6) is 0.348. The maximum absolute atomic E-state index is 11.1. The molecule has 0 saturated heterocycles. The van der Waals surface area contributed by atoms with Crippen LogP contribution in [0.3, 0.4) is 0 Å². The fourth-order valence-electron chi connectivity index (χ4n) is 2.46. The largest absolute Gasteiger partial charge is 0.482 e. The van der Waals surface area contributed by atoms with E-state index in [9.17, 15) is 10.1 Å². The Morgan fingerprint density at radius 2 is 2.16 bits per heavy atom. The van der Waals surface area contributed by atoms with E-state index in [0.29, 0.717) is 10.2 Å². The van der Waals surface area contributed by atoms with Crippen molar-refractivity contribution in [2.45, 2.75) is 37.8 Å². The van der Waals surface area contributed by atoms with E-state index in [1.54, 1.807) is 12.1 Å². The Labute approximate surface area is 120 Å². The van der Waals surface area contributed by atoms with Gasteiger partial charge in [0.05, 0.1) is 4.92 Å². The van der Waals surface area contributed by atoms with E-state index in [0.717, 1.165) is 19.3 Å². The Bertz CT molecular complexity index is 467. The first-order valence-corrected chi connectivity index (χ1v) is 7.19. The lowest BCUT2D eigenvalue weighted by Crippen LogP contribution is -2.43. The summed E-state index contributed by atoms with van der Waals surface area (Å²) in [6, 6.07) is 5.16. The summed E-state index contributed by atoms with van der Waals surface area (Å²) >= 11 is 3.24. The molecule has 0 bridgehead atoms. The van der Waals surface area contributed by atoms with Crippen LogP contribution in [0.5, 0.6) is 5.75 Å². The molecule has 0 aliphatic heterocycles. The zero-order valence-electron chi connectivity index (χ0n) is 10.8. The molecular weight excluding hydrogens is 312 g/mol. The maximum Gasteiger partial charge on any atom is 0.312 e. The number of nitro groups is 1. The predicted molar refractivity (Wildman–Crippen MR) is 76.5 cm³/mol. The molecule has 2 unspecified atom stereocenters. The Morgan fingerprint density at radius 3 is 2.84 bits per heavy atom. The van der Waals surface area contributed by atoms with Gasteiger partial charge >= 0.3 is 5.69 Å². The quantitative estimate of drug-likeness (QED) is 0.680. The standard InChI is InChI=1S/C13H17BrN2O3/c1-15-10-4-2-3-5-12(10)19-13-7-6-9(14)8-11(13)16(17)18/h6-8,10,12,15H,2-5H2,1H3. The Morgan fingerprint density at radius 1 is 1.42 bits per heavy atom. The number of nitro benzene ring substituents is 1. The van der Waals surface area contributed by atoms with Crippen LogP contribution in [-0.2, 0) is 0 Å². The number of hydrogen-bond acceptors (Lipinski definition) is 4. The maximum atomic E-state index is 11.1. The number of likely N-dealkylation sites (N-methyl/N-ethyl adjacent to an activating group) is 1. The molecule has 1 aliphatic rings. The van der Waals surface area contributed by atoms with Crippen molar-refractivity contribution in [2.75, 3.05) is 7.05 Å². The molecule has 1 fully saturated rings. The van der Waals surface area contributed by atoms with Gasteiger partial charge in [0.1, 0.15) is 6.10 Å². The van der Waals surface area contributed by atoms with Gasteiger partial charge in [-0.3, -0.25) is 10.1 Å². The molecular formula is C13H17BrN2O3. The third-order valence-electron chi connectivity index (χ3n) is 3.47. The van der Waals surface area contributed by atoms with Gasteiger partial charge in [-0.1, -0.05) is 22.4 Å². The third kappa shape index (κ3) is 3.45. The van der Waals surface area contributed by atoms with Crippen LogP contribution in [0.2, 0.25) is 0 Å². The third-order valence-corrected chi connectivity index (χ3v) is 3.96. The fourth-order valence-corrected chi connectivity index (χ4v) is 2.81. The second kappa shape index (κ2) is 6.34. The predicted octanol–water partition coefficient (Wildman–Crippen LogP) is 3.27. The van der Waals surface area contributed by atoms with Gasteiger partial charge < -0.3 is 10.1 Å². The Balaban J connectivity index is 2.20. The average molecular weight is 329 g/mol. The van der Waals surface area contributed by atoms with Gasteiger partial charge in [0.15, 0.2) is 5.75 Å². The van der Waals surface area contributed by atoms with E-state index in [-0.39, 0.29) is 17.8 Å². The van der Waals surface area contributed by atoms with Gasteiger partial charge in [0.25, 0.3) is 0 Å². The molecule has 1 saturated carbocycles. The molecule has 2 atom stereocenters. The molecule has 6 heteroatoms. The highest BCUT2D eigenvalue weighted by atomic mass is 79.9. The first-order valence-electron chi connectivity index (χ1n) is 6.39. The second-order valence-electron chi connectivity index (χ2n) is 4.71. The van der Waals surface area contributed by atoms with Gasteiger partial charge in [-0.05, 0) is 38.4 Å². The van der Waals surface area contributed by atoms with Crippen molar-refractivity contribution >= 4 is 21.6 Å². The highest BCUT2D eigenvalue weighted by molar-refractivity contribution is 9.10. The fraction of sp³-hybridized carbons (Fsp3) is 0.538. The van der Waals surface area contributed by atoms with Gasteiger partial charge in [0, 0.05) is 16.6 Å². The molecule has 0 heterocycles. The van der Waals surface area contributed by atoms with Crippen LogP contribution < -0.4 is 10.1 Å². The van der Waals surface area contributed by atoms with E-state index in [1.807, 2.05) is 7.05 Å². The van der Waals surface area contributed by atoms with Crippen LogP contribution >= 0.6 is 15.9 Å². The minimum absolute atomic E-state index is 0.00127. The molecule has 5 nitrogen and oxygen atoms in total. The smallest absolute Gasteiger partial charge is 0.312 e. The molecule has 1 N–H and O–H groups in total. The highest BCUT2D eigenvalue weighted by Crippen LogP contribution is 2.33. The van der Waals surface area contributed by atoms with E-state index in [4.69, 9.17) is 4.74 Å². The molecule has 2 rings (SSSR count). The van der Waals surface area contributed by atoms with Gasteiger partial charge in [0.2, 0.25) is 0 Å². The lowest BCUT2D eigenvalue weighted by molar-refractivity contribution is -0.386. The number of benzene rings is 1. The lowest BCUT2D eigenvalue weighted by Gasteiger charge is -2.31. The van der Waals surface area contributed by atoms with E-state index < -0.39 is 4.92 Å². The molecule has 1 aromatic carbocycles. The van der Waals surface area contributed by atoms with Crippen molar-refractivity contribution in [3.63, 3.8) is 0 Å². The summed E-state index contributed by atoms with van der Waals surface area (Å²) in [7, 11) is 1.91. The van der Waals surface area contributed by atoms with Crippen LogP contribution in [-0.4, -0.2) is 24.1 Å². The minimum Gasteiger partial charge on any atom is -0.482 e. The molecule has 0 aromatic heterocycles. The SMILES string of the molecule is CNC1CCCCC1Oc1ccc(Br)cc1[N+](=O)[O-]. The topological polar surface area (TPSA) is 64.4 Å². The molecule has 0 spiro atoms. The summed E-state index contributed by atoms with van der Waals surface area (Å²) in [6.07, 6.45) is 4.25. The number of nitrogens with zero attached hydrogens (tertiary/aromatic N) is 1. The number of halogens is 1. The summed E-state index contributed by atoms with van der Waals surface area (Å²) in [5, 5.41) is 14.3. The van der Waals surface area contributed by atoms with Crippen molar-refractivity contribution < 1.29 is 9.66 Å². The molecule has 1 aliphatic carbocycles. The first-order chi connectivity index (χ1) is 9.11. The second-order valence-corrected chi connectivity index (χ2v) is 5.62. The van der Waals surface area contributed by atoms with E-state index in [1.165, 1.54) is 12.5 Å². The van der Waals surface area contributed by atoms with Crippen molar-refractivity contribution in [2.24, 2.45) is 0 Å². The highest BCUT2D eigenvalue weighted by Gasteiger charge is 2.27. The zero-order chi connectivity index (χ0) is 13.8.